The summed E-state index contributed by atoms with van der Waals surface area (Å²) in [5.41, 5.74) is 0. The number of hydrogen-bond acceptors (Lipinski definition) is 7. The van der Waals surface area contributed by atoms with E-state index in [1.807, 2.05) is 12.2 Å². The Hall–Kier alpha value is -3.33. The van der Waals surface area contributed by atoms with Crippen molar-refractivity contribution in [1.82, 2.24) is 5.32 Å². The van der Waals surface area contributed by atoms with E-state index in [-0.39, 0.29) is 38.5 Å². The van der Waals surface area contributed by atoms with Gasteiger partial charge < -0.3 is 20.1 Å². The van der Waals surface area contributed by atoms with Gasteiger partial charge in [0, 0.05) is 19.4 Å². The van der Waals surface area contributed by atoms with Crippen LogP contribution in [0.15, 0.2) is 109 Å². The molecule has 0 rings (SSSR count). The maximum absolute atomic E-state index is 12.1. The maximum atomic E-state index is 12.1. The van der Waals surface area contributed by atoms with Crippen LogP contribution in [-0.4, -0.2) is 54.3 Å². The first kappa shape index (κ1) is 51.7. The van der Waals surface area contributed by atoms with Gasteiger partial charge >= 0.3 is 13.8 Å². The van der Waals surface area contributed by atoms with Gasteiger partial charge in [-0.2, -0.15) is 0 Å². The fourth-order valence-corrected chi connectivity index (χ4v) is 5.43. The second kappa shape index (κ2) is 40.3. The highest BCUT2D eigenvalue weighted by atomic mass is 31.2. The summed E-state index contributed by atoms with van der Waals surface area (Å²) in [6.45, 7) is 3.19. The van der Waals surface area contributed by atoms with Gasteiger partial charge in [-0.1, -0.05) is 149 Å². The quantitative estimate of drug-likeness (QED) is 0.0248. The Bertz CT molecular complexity index is 1260. The molecule has 10 heteroatoms. The Labute approximate surface area is 333 Å². The number of carbonyl (C=O) groups excluding carboxylic acids is 2. The van der Waals surface area contributed by atoms with Crippen LogP contribution in [0.1, 0.15) is 129 Å². The second-order valence-electron chi connectivity index (χ2n) is 12.9. The number of phosphoric ester groups is 1. The van der Waals surface area contributed by atoms with E-state index in [2.05, 4.69) is 110 Å². The number of aliphatic hydroxyl groups is 1. The van der Waals surface area contributed by atoms with E-state index in [4.69, 9.17) is 13.8 Å². The molecule has 0 fully saturated rings. The number of ether oxygens (including phenoxy) is 1. The number of aliphatic hydroxyl groups excluding tert-OH is 1. The van der Waals surface area contributed by atoms with Crippen LogP contribution >= 0.6 is 7.82 Å². The van der Waals surface area contributed by atoms with Crippen molar-refractivity contribution in [2.45, 2.75) is 136 Å². The molecule has 0 radical (unpaired) electrons. The first-order valence-corrected chi connectivity index (χ1v) is 21.9. The Balaban J connectivity index is 3.80. The number of rotatable bonds is 36. The summed E-state index contributed by atoms with van der Waals surface area (Å²) in [6, 6.07) is 0. The number of carbonyl (C=O) groups is 2. The third-order valence-electron chi connectivity index (χ3n) is 7.70. The van der Waals surface area contributed by atoms with Crippen molar-refractivity contribution in [3.8, 4) is 0 Å². The highest BCUT2D eigenvalue weighted by Gasteiger charge is 2.23. The van der Waals surface area contributed by atoms with Crippen LogP contribution in [0.2, 0.25) is 0 Å². The van der Waals surface area contributed by atoms with Gasteiger partial charge in [-0.3, -0.25) is 18.6 Å². The van der Waals surface area contributed by atoms with Crippen LogP contribution in [0.4, 0.5) is 0 Å². The zero-order valence-corrected chi connectivity index (χ0v) is 34.7. The van der Waals surface area contributed by atoms with Crippen LogP contribution in [-0.2, 0) is 27.9 Å². The zero-order valence-electron chi connectivity index (χ0n) is 33.8. The minimum absolute atomic E-state index is 0.0158. The minimum atomic E-state index is -4.45. The van der Waals surface area contributed by atoms with Crippen molar-refractivity contribution < 1.29 is 37.9 Å². The third kappa shape index (κ3) is 41.7. The molecule has 0 saturated heterocycles. The summed E-state index contributed by atoms with van der Waals surface area (Å²) in [4.78, 5) is 33.8. The molecule has 0 heterocycles. The van der Waals surface area contributed by atoms with Crippen LogP contribution in [0.25, 0.3) is 0 Å². The number of nitrogens with one attached hydrogen (secondary N) is 1. The van der Waals surface area contributed by atoms with E-state index in [0.717, 1.165) is 83.5 Å². The number of esters is 1. The van der Waals surface area contributed by atoms with Crippen LogP contribution in [0.5, 0.6) is 0 Å². The molecule has 1 amide bonds. The lowest BCUT2D eigenvalue weighted by molar-refractivity contribution is -0.147. The Morgan fingerprint density at radius 2 is 1.07 bits per heavy atom. The van der Waals surface area contributed by atoms with Crippen LogP contribution < -0.4 is 5.32 Å². The maximum Gasteiger partial charge on any atom is 0.472 e. The molecule has 0 aliphatic heterocycles. The van der Waals surface area contributed by atoms with E-state index in [0.29, 0.717) is 12.8 Å². The normalized spacial score (nSPS) is 14.5. The number of unbranched alkanes of at least 4 members (excludes halogenated alkanes) is 6. The van der Waals surface area contributed by atoms with E-state index < -0.39 is 26.5 Å². The van der Waals surface area contributed by atoms with Gasteiger partial charge in [0.1, 0.15) is 12.7 Å². The molecule has 0 saturated carbocycles. The largest absolute Gasteiger partial charge is 0.472 e. The van der Waals surface area contributed by atoms with Crippen molar-refractivity contribution in [1.29, 1.82) is 0 Å². The lowest BCUT2D eigenvalue weighted by atomic mass is 10.1. The Morgan fingerprint density at radius 3 is 1.62 bits per heavy atom. The highest BCUT2D eigenvalue weighted by Crippen LogP contribution is 2.42. The monoisotopic (exact) mass is 785 g/mol. The van der Waals surface area contributed by atoms with Crippen molar-refractivity contribution >= 4 is 19.7 Å². The molecule has 9 nitrogen and oxygen atoms in total. The van der Waals surface area contributed by atoms with E-state index in [1.165, 1.54) is 6.42 Å². The number of allylic oxidation sites excluding steroid dienone is 17. The first-order valence-electron chi connectivity index (χ1n) is 20.4. The fourth-order valence-electron chi connectivity index (χ4n) is 4.67. The predicted octanol–water partition coefficient (Wildman–Crippen LogP) is 11.2. The van der Waals surface area contributed by atoms with Crippen molar-refractivity contribution in [2.24, 2.45) is 0 Å². The van der Waals surface area contributed by atoms with Gasteiger partial charge in [0.05, 0.1) is 13.2 Å². The van der Waals surface area contributed by atoms with E-state index in [1.54, 1.807) is 6.08 Å². The molecule has 0 aromatic rings. The van der Waals surface area contributed by atoms with Gasteiger partial charge in [-0.25, -0.2) is 4.57 Å². The minimum Gasteiger partial charge on any atom is -0.463 e. The standard InChI is InChI=1S/C45H72NO8P/c1-3-5-7-9-11-13-15-17-18-19-20-21-22-23-24-26-27-29-31-33-35-37-44(48)46-39-40-53-55(50,51)54-42-43(47)41-52-45(49)38-36-34-32-30-28-25-16-14-12-10-8-6-4-2/h5,7-8,10-11,13-14,16-18,20-21,23-24,27,29,33,35,43,47H,3-4,6,9,12,15,19,22,25-26,28,30-32,34,36-42H2,1-2H3,(H,46,48)(H,50,51)/b7-5-,10-8-,13-11-,16-14-,18-17-,21-20-,24-23-,29-27-,35-33-. The Kier molecular flexibility index (Phi) is 37.9. The highest BCUT2D eigenvalue weighted by molar-refractivity contribution is 7.47. The summed E-state index contributed by atoms with van der Waals surface area (Å²) in [5, 5.41) is 12.6. The molecule has 3 N–H and O–H groups in total. The zero-order chi connectivity index (χ0) is 40.3. The van der Waals surface area contributed by atoms with Gasteiger partial charge in [-0.15, -0.1) is 0 Å². The number of phosphoric acid groups is 1. The summed E-state index contributed by atoms with van der Waals surface area (Å²) in [6.07, 6.45) is 53.3. The molecule has 0 aromatic heterocycles. The van der Waals surface area contributed by atoms with E-state index >= 15 is 0 Å². The lowest BCUT2D eigenvalue weighted by Gasteiger charge is -2.15. The van der Waals surface area contributed by atoms with Crippen LogP contribution in [0, 0.1) is 0 Å². The average molecular weight is 786 g/mol. The SMILES string of the molecule is CC/C=C\C/C=C\C/C=C\C/C=C\C/C=C\C/C=C\C/C=C\CC(=O)NCCOP(=O)(O)OCC(O)COC(=O)CCCCCCC/C=C\C/C=C\CCC. The van der Waals surface area contributed by atoms with Gasteiger partial charge in [0.25, 0.3) is 0 Å². The summed E-state index contributed by atoms with van der Waals surface area (Å²) in [7, 11) is -4.45. The van der Waals surface area contributed by atoms with Crippen molar-refractivity contribution in [3.63, 3.8) is 0 Å². The predicted molar refractivity (Wildman–Crippen MR) is 228 cm³/mol. The van der Waals surface area contributed by atoms with Crippen molar-refractivity contribution in [2.75, 3.05) is 26.4 Å². The molecule has 0 aliphatic rings. The number of amides is 1. The van der Waals surface area contributed by atoms with Gasteiger partial charge in [0.15, 0.2) is 0 Å². The molecule has 0 bridgehead atoms. The molecule has 2 atom stereocenters. The third-order valence-corrected chi connectivity index (χ3v) is 8.68. The fraction of sp³-hybridized carbons (Fsp3) is 0.556. The Morgan fingerprint density at radius 1 is 0.600 bits per heavy atom. The lowest BCUT2D eigenvalue weighted by Crippen LogP contribution is -2.26. The summed E-state index contributed by atoms with van der Waals surface area (Å²) >= 11 is 0. The first-order chi connectivity index (χ1) is 26.8. The average Bonchev–Trinajstić information content (AvgIpc) is 3.17. The summed E-state index contributed by atoms with van der Waals surface area (Å²) < 4.78 is 26.7. The molecule has 0 spiro atoms. The van der Waals surface area contributed by atoms with Gasteiger partial charge in [-0.05, 0) is 77.0 Å². The van der Waals surface area contributed by atoms with Crippen molar-refractivity contribution in [3.05, 3.63) is 109 Å². The van der Waals surface area contributed by atoms with Gasteiger partial charge in [0.2, 0.25) is 5.91 Å². The molecule has 0 aromatic carbocycles. The second-order valence-corrected chi connectivity index (χ2v) is 14.3. The molecule has 2 unspecified atom stereocenters. The molecule has 310 valence electrons. The smallest absolute Gasteiger partial charge is 0.463 e. The summed E-state index contributed by atoms with van der Waals surface area (Å²) in [5.74, 6) is -0.677. The molecular weight excluding hydrogens is 713 g/mol. The topological polar surface area (TPSA) is 131 Å². The molecular formula is C45H72NO8P. The van der Waals surface area contributed by atoms with Crippen LogP contribution in [0.3, 0.4) is 0 Å². The van der Waals surface area contributed by atoms with E-state index in [9.17, 15) is 24.2 Å². The molecule has 0 aliphatic carbocycles. The number of hydrogen-bond donors (Lipinski definition) is 3. The molecule has 55 heavy (non-hydrogen) atoms.